The molecule has 1 aromatic heterocycles. The summed E-state index contributed by atoms with van der Waals surface area (Å²) < 4.78 is 0. The quantitative estimate of drug-likeness (QED) is 0.837. The molecular formula is C16H20N2O2. The van der Waals surface area contributed by atoms with E-state index in [-0.39, 0.29) is 12.0 Å². The molecule has 1 aliphatic heterocycles. The minimum absolute atomic E-state index is 0.0667. The van der Waals surface area contributed by atoms with E-state index in [2.05, 4.69) is 11.9 Å². The Morgan fingerprint density at radius 2 is 2.00 bits per heavy atom. The van der Waals surface area contributed by atoms with Crippen molar-refractivity contribution in [3.05, 3.63) is 35.0 Å². The summed E-state index contributed by atoms with van der Waals surface area (Å²) in [7, 11) is 0. The zero-order valence-electron chi connectivity index (χ0n) is 11.9. The summed E-state index contributed by atoms with van der Waals surface area (Å²) in [5.74, 6) is 0.0667. The third-order valence-electron chi connectivity index (χ3n) is 4.31. The minimum Gasteiger partial charge on any atom is -0.393 e. The van der Waals surface area contributed by atoms with E-state index in [0.29, 0.717) is 25.9 Å². The fraction of sp³-hybridized carbons (Fsp3) is 0.438. The normalized spacial score (nSPS) is 16.9. The van der Waals surface area contributed by atoms with Crippen LogP contribution in [-0.4, -0.2) is 40.1 Å². The number of aliphatic hydroxyl groups excluding tert-OH is 1. The van der Waals surface area contributed by atoms with Crippen LogP contribution in [0.5, 0.6) is 0 Å². The van der Waals surface area contributed by atoms with Crippen LogP contribution in [0, 0.1) is 13.8 Å². The van der Waals surface area contributed by atoms with Crippen molar-refractivity contribution in [3.8, 4) is 0 Å². The Morgan fingerprint density at radius 3 is 2.70 bits per heavy atom. The van der Waals surface area contributed by atoms with E-state index < -0.39 is 0 Å². The summed E-state index contributed by atoms with van der Waals surface area (Å²) in [6.07, 6.45) is 1.10. The topological polar surface area (TPSA) is 56.3 Å². The molecule has 0 saturated carbocycles. The van der Waals surface area contributed by atoms with Crippen LogP contribution in [-0.2, 0) is 0 Å². The number of likely N-dealkylation sites (tertiary alicyclic amines) is 1. The number of hydrogen-bond acceptors (Lipinski definition) is 2. The number of aromatic nitrogens is 1. The molecule has 4 heteroatoms. The van der Waals surface area contributed by atoms with Crippen LogP contribution in [0.4, 0.5) is 0 Å². The number of nitrogens with zero attached hydrogens (tertiary/aromatic N) is 1. The second-order valence-corrected chi connectivity index (χ2v) is 5.66. The van der Waals surface area contributed by atoms with Crippen LogP contribution >= 0.6 is 0 Å². The van der Waals surface area contributed by atoms with Gasteiger partial charge in [-0.1, -0.05) is 0 Å². The highest BCUT2D eigenvalue weighted by Crippen LogP contribution is 2.23. The minimum atomic E-state index is -0.254. The van der Waals surface area contributed by atoms with E-state index in [1.807, 2.05) is 30.0 Å². The first kappa shape index (κ1) is 13.2. The van der Waals surface area contributed by atoms with Crippen molar-refractivity contribution >= 4 is 16.8 Å². The Kier molecular flexibility index (Phi) is 3.26. The number of amides is 1. The summed E-state index contributed by atoms with van der Waals surface area (Å²) in [5.41, 5.74) is 4.15. The number of aliphatic hydroxyl groups is 1. The number of nitrogens with one attached hydrogen (secondary N) is 1. The van der Waals surface area contributed by atoms with E-state index >= 15 is 0 Å². The highest BCUT2D eigenvalue weighted by atomic mass is 16.3. The van der Waals surface area contributed by atoms with Gasteiger partial charge in [0.2, 0.25) is 0 Å². The summed E-state index contributed by atoms with van der Waals surface area (Å²) in [4.78, 5) is 17.7. The first-order valence-electron chi connectivity index (χ1n) is 7.12. The second kappa shape index (κ2) is 4.94. The van der Waals surface area contributed by atoms with Crippen LogP contribution in [0.1, 0.15) is 34.5 Å². The molecule has 1 amide bonds. The van der Waals surface area contributed by atoms with Gasteiger partial charge in [0, 0.05) is 35.2 Å². The fourth-order valence-corrected chi connectivity index (χ4v) is 2.85. The number of H-pyrrole nitrogens is 1. The van der Waals surface area contributed by atoms with Gasteiger partial charge in [-0.25, -0.2) is 0 Å². The van der Waals surface area contributed by atoms with Gasteiger partial charge in [0.25, 0.3) is 5.91 Å². The SMILES string of the molecule is Cc1[nH]c2ccc(C(=O)N3CCC(O)CC3)cc2c1C. The molecule has 3 rings (SSSR count). The molecule has 1 saturated heterocycles. The molecule has 106 valence electrons. The monoisotopic (exact) mass is 272 g/mol. The predicted molar refractivity (Wildman–Crippen MR) is 78.9 cm³/mol. The molecule has 20 heavy (non-hydrogen) atoms. The van der Waals surface area contributed by atoms with E-state index in [1.54, 1.807) is 0 Å². The lowest BCUT2D eigenvalue weighted by molar-refractivity contribution is 0.0546. The Morgan fingerprint density at radius 1 is 1.30 bits per heavy atom. The Balaban J connectivity index is 1.90. The van der Waals surface area contributed by atoms with Gasteiger partial charge < -0.3 is 15.0 Å². The van der Waals surface area contributed by atoms with Crippen molar-refractivity contribution in [2.75, 3.05) is 13.1 Å². The standard InChI is InChI=1S/C16H20N2O2/c1-10-11(2)17-15-4-3-12(9-14(10)15)16(20)18-7-5-13(19)6-8-18/h3-4,9,13,17,19H,5-8H2,1-2H3. The molecule has 2 N–H and O–H groups in total. The van der Waals surface area contributed by atoms with Gasteiger partial charge in [0.1, 0.15) is 0 Å². The number of aromatic amines is 1. The third kappa shape index (κ3) is 2.20. The van der Waals surface area contributed by atoms with Crippen molar-refractivity contribution in [1.29, 1.82) is 0 Å². The zero-order valence-corrected chi connectivity index (χ0v) is 11.9. The molecule has 0 spiro atoms. The van der Waals surface area contributed by atoms with Gasteiger partial charge in [-0.15, -0.1) is 0 Å². The number of rotatable bonds is 1. The second-order valence-electron chi connectivity index (χ2n) is 5.66. The maximum absolute atomic E-state index is 12.5. The third-order valence-corrected chi connectivity index (χ3v) is 4.31. The molecule has 1 aromatic carbocycles. The van der Waals surface area contributed by atoms with Gasteiger partial charge in [-0.3, -0.25) is 4.79 Å². The number of carbonyl (C=O) groups is 1. The van der Waals surface area contributed by atoms with Gasteiger partial charge in [-0.2, -0.15) is 0 Å². The van der Waals surface area contributed by atoms with Crippen LogP contribution in [0.3, 0.4) is 0 Å². The number of fused-ring (bicyclic) bond motifs is 1. The molecule has 0 bridgehead atoms. The summed E-state index contributed by atoms with van der Waals surface area (Å²) in [6.45, 7) is 5.40. The van der Waals surface area contributed by atoms with Crippen molar-refractivity contribution in [3.63, 3.8) is 0 Å². The smallest absolute Gasteiger partial charge is 0.253 e. The van der Waals surface area contributed by atoms with Crippen LogP contribution in [0.15, 0.2) is 18.2 Å². The predicted octanol–water partition coefficient (Wildman–Crippen LogP) is 2.38. The van der Waals surface area contributed by atoms with Gasteiger partial charge in [0.15, 0.2) is 0 Å². The number of benzene rings is 1. The van der Waals surface area contributed by atoms with Crippen molar-refractivity contribution in [1.82, 2.24) is 9.88 Å². The highest BCUT2D eigenvalue weighted by Gasteiger charge is 2.22. The highest BCUT2D eigenvalue weighted by molar-refractivity contribution is 5.99. The van der Waals surface area contributed by atoms with Gasteiger partial charge >= 0.3 is 0 Å². The van der Waals surface area contributed by atoms with E-state index in [1.165, 1.54) is 5.56 Å². The molecule has 4 nitrogen and oxygen atoms in total. The molecule has 0 unspecified atom stereocenters. The average Bonchev–Trinajstić information content (AvgIpc) is 2.74. The van der Waals surface area contributed by atoms with Crippen LogP contribution in [0.2, 0.25) is 0 Å². The van der Waals surface area contributed by atoms with Crippen molar-refractivity contribution in [2.24, 2.45) is 0 Å². The van der Waals surface area contributed by atoms with Crippen LogP contribution < -0.4 is 0 Å². The first-order chi connectivity index (χ1) is 9.56. The molecule has 1 aliphatic rings. The van der Waals surface area contributed by atoms with E-state index in [4.69, 9.17) is 0 Å². The van der Waals surface area contributed by atoms with Crippen molar-refractivity contribution in [2.45, 2.75) is 32.8 Å². The number of aryl methyl sites for hydroxylation is 2. The number of piperidine rings is 1. The summed E-state index contributed by atoms with van der Waals surface area (Å²) in [5, 5.41) is 10.6. The molecule has 0 aliphatic carbocycles. The first-order valence-corrected chi connectivity index (χ1v) is 7.12. The lowest BCUT2D eigenvalue weighted by Gasteiger charge is -2.29. The molecule has 0 atom stereocenters. The van der Waals surface area contributed by atoms with E-state index in [9.17, 15) is 9.90 Å². The van der Waals surface area contributed by atoms with Gasteiger partial charge in [-0.05, 0) is 50.5 Å². The maximum atomic E-state index is 12.5. The average molecular weight is 272 g/mol. The Labute approximate surface area is 118 Å². The largest absolute Gasteiger partial charge is 0.393 e. The molecule has 1 fully saturated rings. The fourth-order valence-electron chi connectivity index (χ4n) is 2.85. The summed E-state index contributed by atoms with van der Waals surface area (Å²) >= 11 is 0. The number of carbonyl (C=O) groups excluding carboxylic acids is 1. The zero-order chi connectivity index (χ0) is 14.3. The maximum Gasteiger partial charge on any atom is 0.253 e. The number of hydrogen-bond donors (Lipinski definition) is 2. The lowest BCUT2D eigenvalue weighted by atomic mass is 10.0. The Bertz CT molecular complexity index is 652. The lowest BCUT2D eigenvalue weighted by Crippen LogP contribution is -2.40. The van der Waals surface area contributed by atoms with Gasteiger partial charge in [0.05, 0.1) is 6.10 Å². The van der Waals surface area contributed by atoms with Crippen LogP contribution in [0.25, 0.3) is 10.9 Å². The molecular weight excluding hydrogens is 252 g/mol. The summed E-state index contributed by atoms with van der Waals surface area (Å²) in [6, 6.07) is 5.83. The molecule has 2 heterocycles. The van der Waals surface area contributed by atoms with Crippen molar-refractivity contribution < 1.29 is 9.90 Å². The Hall–Kier alpha value is -1.81. The molecule has 0 radical (unpaired) electrons. The van der Waals surface area contributed by atoms with E-state index in [0.717, 1.165) is 22.2 Å². The molecule has 2 aromatic rings.